The minimum absolute atomic E-state index is 0.259. The molecule has 7 heteroatoms. The van der Waals surface area contributed by atoms with Crippen molar-refractivity contribution in [3.8, 4) is 0 Å². The molecule has 0 bridgehead atoms. The first-order valence-electron chi connectivity index (χ1n) is 4.67. The van der Waals surface area contributed by atoms with Crippen LogP contribution in [0.25, 0.3) is 0 Å². The minimum Gasteiger partial charge on any atom is -0.465 e. The van der Waals surface area contributed by atoms with Crippen molar-refractivity contribution in [1.29, 1.82) is 0 Å². The Labute approximate surface area is 96.2 Å². The smallest absolute Gasteiger partial charge is 0.405 e. The molecule has 16 heavy (non-hydrogen) atoms. The van der Waals surface area contributed by atoms with Gasteiger partial charge in [0.2, 0.25) is 0 Å². The van der Waals surface area contributed by atoms with Gasteiger partial charge in [-0.15, -0.1) is 11.8 Å². The lowest BCUT2D eigenvalue weighted by Crippen LogP contribution is -2.50. The second kappa shape index (κ2) is 4.09. The van der Waals surface area contributed by atoms with Gasteiger partial charge in [-0.2, -0.15) is 0 Å². The standard InChI is InChI=1S/C9H11N3O3S/c1-11-8(13)6(10-9(14)15)5-16-7-3-2-4-12(7)11/h2-4,6,10H,5H2,1H3,(H,14,15). The first-order valence-corrected chi connectivity index (χ1v) is 5.65. The van der Waals surface area contributed by atoms with Gasteiger partial charge in [0.05, 0.1) is 5.03 Å². The normalized spacial score (nSPS) is 20.2. The second-order valence-corrected chi connectivity index (χ2v) is 4.41. The van der Waals surface area contributed by atoms with Crippen molar-refractivity contribution in [1.82, 2.24) is 9.99 Å². The number of carbonyl (C=O) groups excluding carboxylic acids is 1. The fourth-order valence-electron chi connectivity index (χ4n) is 1.54. The van der Waals surface area contributed by atoms with Crippen molar-refractivity contribution < 1.29 is 14.7 Å². The molecule has 1 unspecified atom stereocenters. The summed E-state index contributed by atoms with van der Waals surface area (Å²) in [6.07, 6.45) is 0.586. The third-order valence-electron chi connectivity index (χ3n) is 2.33. The van der Waals surface area contributed by atoms with Crippen molar-refractivity contribution in [2.45, 2.75) is 11.1 Å². The molecule has 2 heterocycles. The molecule has 1 atom stereocenters. The fraction of sp³-hybridized carbons (Fsp3) is 0.333. The fourth-order valence-corrected chi connectivity index (χ4v) is 2.60. The Hall–Kier alpha value is -1.63. The van der Waals surface area contributed by atoms with Crippen molar-refractivity contribution in [2.24, 2.45) is 0 Å². The molecular formula is C9H11N3O3S. The molecule has 1 aliphatic heterocycles. The van der Waals surface area contributed by atoms with E-state index >= 15 is 0 Å². The van der Waals surface area contributed by atoms with Gasteiger partial charge in [-0.05, 0) is 12.1 Å². The Morgan fingerprint density at radius 2 is 2.44 bits per heavy atom. The molecule has 0 saturated carbocycles. The average Bonchev–Trinajstić information content (AvgIpc) is 2.66. The Kier molecular flexibility index (Phi) is 2.78. The Morgan fingerprint density at radius 3 is 3.12 bits per heavy atom. The molecule has 86 valence electrons. The Balaban J connectivity index is 2.24. The van der Waals surface area contributed by atoms with Gasteiger partial charge in [0, 0.05) is 19.0 Å². The lowest BCUT2D eigenvalue weighted by molar-refractivity contribution is -0.121. The molecule has 1 aromatic rings. The predicted molar refractivity (Wildman–Crippen MR) is 59.3 cm³/mol. The monoisotopic (exact) mass is 241 g/mol. The van der Waals surface area contributed by atoms with Crippen molar-refractivity contribution in [2.75, 3.05) is 17.8 Å². The van der Waals surface area contributed by atoms with Crippen LogP contribution in [0, 0.1) is 0 Å². The van der Waals surface area contributed by atoms with E-state index in [0.29, 0.717) is 5.75 Å². The van der Waals surface area contributed by atoms with Gasteiger partial charge in [0.15, 0.2) is 0 Å². The van der Waals surface area contributed by atoms with E-state index in [1.165, 1.54) is 16.8 Å². The summed E-state index contributed by atoms with van der Waals surface area (Å²) in [5.74, 6) is 0.143. The molecule has 2 rings (SSSR count). The summed E-state index contributed by atoms with van der Waals surface area (Å²) in [5, 5.41) is 13.2. The van der Waals surface area contributed by atoms with Gasteiger partial charge in [-0.25, -0.2) is 4.79 Å². The van der Waals surface area contributed by atoms with Crippen LogP contribution in [0.4, 0.5) is 4.79 Å². The molecule has 2 amide bonds. The third kappa shape index (κ3) is 1.85. The van der Waals surface area contributed by atoms with Crippen LogP contribution in [0.2, 0.25) is 0 Å². The summed E-state index contributed by atoms with van der Waals surface area (Å²) in [7, 11) is 1.62. The Bertz CT molecular complexity index is 431. The van der Waals surface area contributed by atoms with Crippen LogP contribution in [-0.2, 0) is 4.79 Å². The van der Waals surface area contributed by atoms with Crippen LogP contribution in [0.15, 0.2) is 23.4 Å². The van der Waals surface area contributed by atoms with Gasteiger partial charge >= 0.3 is 6.09 Å². The molecule has 0 fully saturated rings. The van der Waals surface area contributed by atoms with E-state index < -0.39 is 12.1 Å². The highest BCUT2D eigenvalue weighted by Crippen LogP contribution is 2.23. The van der Waals surface area contributed by atoms with E-state index in [1.54, 1.807) is 17.9 Å². The summed E-state index contributed by atoms with van der Waals surface area (Å²) in [4.78, 5) is 22.5. The molecule has 0 aromatic carbocycles. The van der Waals surface area contributed by atoms with E-state index in [4.69, 9.17) is 5.11 Å². The molecule has 0 saturated heterocycles. The summed E-state index contributed by atoms with van der Waals surface area (Å²) >= 11 is 1.45. The number of hydrogen-bond acceptors (Lipinski definition) is 3. The predicted octanol–water partition coefficient (Wildman–Crippen LogP) is 0.324. The van der Waals surface area contributed by atoms with Crippen LogP contribution in [-0.4, -0.2) is 40.6 Å². The maximum absolute atomic E-state index is 11.9. The highest BCUT2D eigenvalue weighted by atomic mass is 32.2. The maximum atomic E-state index is 11.9. The van der Waals surface area contributed by atoms with Gasteiger partial charge in [0.25, 0.3) is 5.91 Å². The number of likely N-dealkylation sites (N-methyl/N-ethyl adjacent to an activating group) is 1. The van der Waals surface area contributed by atoms with E-state index in [2.05, 4.69) is 5.32 Å². The zero-order chi connectivity index (χ0) is 11.7. The number of nitrogens with zero attached hydrogens (tertiary/aromatic N) is 2. The second-order valence-electron chi connectivity index (χ2n) is 3.37. The number of amides is 2. The van der Waals surface area contributed by atoms with Crippen LogP contribution in [0.1, 0.15) is 0 Å². The van der Waals surface area contributed by atoms with Crippen molar-refractivity contribution >= 4 is 23.8 Å². The van der Waals surface area contributed by atoms with Crippen LogP contribution >= 0.6 is 11.8 Å². The number of rotatable bonds is 1. The number of nitrogens with one attached hydrogen (secondary N) is 1. The van der Waals surface area contributed by atoms with E-state index in [1.807, 2.05) is 12.1 Å². The van der Waals surface area contributed by atoms with E-state index in [-0.39, 0.29) is 5.91 Å². The van der Waals surface area contributed by atoms with Crippen molar-refractivity contribution in [3.63, 3.8) is 0 Å². The average molecular weight is 241 g/mol. The zero-order valence-corrected chi connectivity index (χ0v) is 9.40. The first-order chi connectivity index (χ1) is 7.59. The van der Waals surface area contributed by atoms with Crippen LogP contribution < -0.4 is 10.3 Å². The molecule has 0 aliphatic carbocycles. The van der Waals surface area contributed by atoms with Gasteiger partial charge in [-0.3, -0.25) is 14.5 Å². The van der Waals surface area contributed by atoms with Crippen LogP contribution in [0.5, 0.6) is 0 Å². The number of thioether (sulfide) groups is 1. The summed E-state index contributed by atoms with van der Waals surface area (Å²) < 4.78 is 1.70. The lowest BCUT2D eigenvalue weighted by Gasteiger charge is -2.21. The molecular weight excluding hydrogens is 230 g/mol. The maximum Gasteiger partial charge on any atom is 0.405 e. The SMILES string of the molecule is CN1C(=O)C(NC(=O)O)CSc2cccn21. The number of carbonyl (C=O) groups is 2. The summed E-state index contributed by atoms with van der Waals surface area (Å²) in [6, 6.07) is 3.03. The summed E-state index contributed by atoms with van der Waals surface area (Å²) in [6.45, 7) is 0. The van der Waals surface area contributed by atoms with Gasteiger partial charge < -0.3 is 10.4 Å². The molecule has 0 radical (unpaired) electrons. The zero-order valence-electron chi connectivity index (χ0n) is 8.58. The van der Waals surface area contributed by atoms with E-state index in [9.17, 15) is 9.59 Å². The highest BCUT2D eigenvalue weighted by Gasteiger charge is 2.29. The number of hydrogen-bond donors (Lipinski definition) is 2. The number of carboxylic acid groups (broad SMARTS) is 1. The molecule has 2 N–H and O–H groups in total. The summed E-state index contributed by atoms with van der Waals surface area (Å²) in [5.41, 5.74) is 0. The topological polar surface area (TPSA) is 74.6 Å². The highest BCUT2D eigenvalue weighted by molar-refractivity contribution is 7.99. The van der Waals surface area contributed by atoms with Gasteiger partial charge in [-0.1, -0.05) is 0 Å². The van der Waals surface area contributed by atoms with Gasteiger partial charge in [0.1, 0.15) is 6.04 Å². The number of fused-ring (bicyclic) bond motifs is 1. The molecule has 1 aromatic heterocycles. The van der Waals surface area contributed by atoms with E-state index in [0.717, 1.165) is 5.03 Å². The van der Waals surface area contributed by atoms with Crippen LogP contribution in [0.3, 0.4) is 0 Å². The largest absolute Gasteiger partial charge is 0.465 e. The quantitative estimate of drug-likeness (QED) is 0.742. The third-order valence-corrected chi connectivity index (χ3v) is 3.45. The molecule has 0 spiro atoms. The molecule has 1 aliphatic rings. The Morgan fingerprint density at radius 1 is 1.69 bits per heavy atom. The lowest BCUT2D eigenvalue weighted by atomic mass is 10.3. The van der Waals surface area contributed by atoms with Crippen molar-refractivity contribution in [3.05, 3.63) is 18.3 Å². The number of aromatic nitrogens is 1. The molecule has 6 nitrogen and oxygen atoms in total. The first kappa shape index (κ1) is 10.9. The minimum atomic E-state index is -1.18.